The van der Waals surface area contributed by atoms with Crippen molar-refractivity contribution in [3.63, 3.8) is 0 Å². The molecule has 2 fully saturated rings. The van der Waals surface area contributed by atoms with E-state index in [0.29, 0.717) is 0 Å². The van der Waals surface area contributed by atoms with Crippen molar-refractivity contribution < 1.29 is 0 Å². The highest BCUT2D eigenvalue weighted by molar-refractivity contribution is 5.20. The van der Waals surface area contributed by atoms with E-state index in [9.17, 15) is 0 Å². The zero-order valence-corrected chi connectivity index (χ0v) is 13.4. The third kappa shape index (κ3) is 3.87. The number of nitrogens with zero attached hydrogens (tertiary/aromatic N) is 1. The molecule has 1 aliphatic heterocycles. The second-order valence-electron chi connectivity index (χ2n) is 6.84. The molecule has 2 aliphatic rings. The van der Waals surface area contributed by atoms with Crippen LogP contribution in [-0.2, 0) is 0 Å². The molecule has 0 bridgehead atoms. The third-order valence-electron chi connectivity index (χ3n) is 5.48. The molecule has 0 aromatic heterocycles. The van der Waals surface area contributed by atoms with Crippen molar-refractivity contribution in [2.24, 2.45) is 5.92 Å². The van der Waals surface area contributed by atoms with Gasteiger partial charge in [0.25, 0.3) is 0 Å². The van der Waals surface area contributed by atoms with Crippen LogP contribution < -0.4 is 5.32 Å². The summed E-state index contributed by atoms with van der Waals surface area (Å²) in [4.78, 5) is 2.69. The first-order chi connectivity index (χ1) is 10.4. The van der Waals surface area contributed by atoms with Gasteiger partial charge in [0.1, 0.15) is 0 Å². The van der Waals surface area contributed by atoms with Gasteiger partial charge < -0.3 is 10.2 Å². The second-order valence-corrected chi connectivity index (χ2v) is 6.84. The van der Waals surface area contributed by atoms with E-state index in [0.717, 1.165) is 24.4 Å². The number of benzene rings is 1. The molecule has 3 rings (SSSR count). The lowest BCUT2D eigenvalue weighted by molar-refractivity contribution is 0.280. The molecule has 1 saturated carbocycles. The monoisotopic (exact) mass is 286 g/mol. The van der Waals surface area contributed by atoms with Gasteiger partial charge in [0.05, 0.1) is 0 Å². The van der Waals surface area contributed by atoms with E-state index in [-0.39, 0.29) is 0 Å². The number of likely N-dealkylation sites (tertiary alicyclic amines) is 1. The molecule has 2 heteroatoms. The molecule has 21 heavy (non-hydrogen) atoms. The van der Waals surface area contributed by atoms with Gasteiger partial charge in [0.15, 0.2) is 0 Å². The van der Waals surface area contributed by atoms with Crippen LogP contribution in [0.1, 0.15) is 50.5 Å². The van der Waals surface area contributed by atoms with Gasteiger partial charge in [-0.1, -0.05) is 43.7 Å². The lowest BCUT2D eigenvalue weighted by Gasteiger charge is -2.23. The first-order valence-corrected chi connectivity index (χ1v) is 8.87. The highest BCUT2D eigenvalue weighted by atomic mass is 15.1. The largest absolute Gasteiger partial charge is 0.314 e. The zero-order chi connectivity index (χ0) is 14.5. The molecule has 0 radical (unpaired) electrons. The van der Waals surface area contributed by atoms with Crippen LogP contribution in [0.4, 0.5) is 0 Å². The average Bonchev–Trinajstić information content (AvgIpc) is 3.16. The Bertz CT molecular complexity index is 417. The number of nitrogens with one attached hydrogen (secondary N) is 1. The highest BCUT2D eigenvalue weighted by Gasteiger charge is 2.28. The minimum atomic E-state index is 0.763. The van der Waals surface area contributed by atoms with E-state index in [2.05, 4.69) is 47.5 Å². The summed E-state index contributed by atoms with van der Waals surface area (Å²) in [6, 6.07) is 11.9. The van der Waals surface area contributed by atoms with Gasteiger partial charge >= 0.3 is 0 Å². The SMILES string of the molecule is CCNC1CCCC1CCN1CCC(c2ccccc2)C1. The molecule has 1 aromatic rings. The minimum absolute atomic E-state index is 0.763. The molecule has 1 aliphatic carbocycles. The standard InChI is InChI=1S/C19H30N2/c1-2-20-19-10-6-9-17(19)11-13-21-14-12-18(15-21)16-7-4-3-5-8-16/h3-5,7-8,17-20H,2,6,9-15H2,1H3. The van der Waals surface area contributed by atoms with E-state index < -0.39 is 0 Å². The molecule has 3 unspecified atom stereocenters. The van der Waals surface area contributed by atoms with Crippen LogP contribution in [0.5, 0.6) is 0 Å². The Labute approximate surface area is 129 Å². The Kier molecular flexibility index (Phi) is 5.32. The van der Waals surface area contributed by atoms with Crippen molar-refractivity contribution in [1.82, 2.24) is 10.2 Å². The van der Waals surface area contributed by atoms with Crippen LogP contribution in [0.3, 0.4) is 0 Å². The van der Waals surface area contributed by atoms with Crippen LogP contribution in [-0.4, -0.2) is 37.1 Å². The Morgan fingerprint density at radius 3 is 2.81 bits per heavy atom. The molecule has 1 aromatic carbocycles. The lowest BCUT2D eigenvalue weighted by atomic mass is 9.98. The summed E-state index contributed by atoms with van der Waals surface area (Å²) in [5, 5.41) is 3.69. The molecule has 0 spiro atoms. The van der Waals surface area contributed by atoms with Crippen LogP contribution in [0.15, 0.2) is 30.3 Å². The topological polar surface area (TPSA) is 15.3 Å². The van der Waals surface area contributed by atoms with Gasteiger partial charge in [-0.3, -0.25) is 0 Å². The molecule has 3 atom stereocenters. The second kappa shape index (κ2) is 7.42. The van der Waals surface area contributed by atoms with Crippen molar-refractivity contribution in [2.75, 3.05) is 26.2 Å². The molecule has 0 amide bonds. The van der Waals surface area contributed by atoms with Gasteiger partial charge in [-0.2, -0.15) is 0 Å². The normalized spacial score (nSPS) is 30.0. The molecule has 1 N–H and O–H groups in total. The maximum absolute atomic E-state index is 3.69. The van der Waals surface area contributed by atoms with E-state index in [1.54, 1.807) is 0 Å². The van der Waals surface area contributed by atoms with E-state index >= 15 is 0 Å². The van der Waals surface area contributed by atoms with Crippen molar-refractivity contribution in [3.05, 3.63) is 35.9 Å². The molecule has 2 nitrogen and oxygen atoms in total. The molecule has 1 saturated heterocycles. The highest BCUT2D eigenvalue weighted by Crippen LogP contribution is 2.31. The zero-order valence-electron chi connectivity index (χ0n) is 13.4. The number of rotatable bonds is 6. The molecular weight excluding hydrogens is 256 g/mol. The first kappa shape index (κ1) is 15.1. The fourth-order valence-electron chi connectivity index (χ4n) is 4.29. The Balaban J connectivity index is 1.45. The average molecular weight is 286 g/mol. The summed E-state index contributed by atoms with van der Waals surface area (Å²) < 4.78 is 0. The smallest absolute Gasteiger partial charge is 0.00956 e. The summed E-state index contributed by atoms with van der Waals surface area (Å²) in [7, 11) is 0. The summed E-state index contributed by atoms with van der Waals surface area (Å²) in [5.74, 6) is 1.68. The van der Waals surface area contributed by atoms with Crippen LogP contribution in [0, 0.1) is 5.92 Å². The van der Waals surface area contributed by atoms with Gasteiger partial charge in [-0.05, 0) is 62.7 Å². The Morgan fingerprint density at radius 1 is 1.14 bits per heavy atom. The first-order valence-electron chi connectivity index (χ1n) is 8.87. The number of hydrogen-bond acceptors (Lipinski definition) is 2. The van der Waals surface area contributed by atoms with Gasteiger partial charge in [-0.15, -0.1) is 0 Å². The molecule has 116 valence electrons. The fourth-order valence-corrected chi connectivity index (χ4v) is 4.29. The Morgan fingerprint density at radius 2 is 2.00 bits per heavy atom. The summed E-state index contributed by atoms with van der Waals surface area (Å²) in [6.07, 6.45) is 6.98. The summed E-state index contributed by atoms with van der Waals surface area (Å²) in [5.41, 5.74) is 1.53. The third-order valence-corrected chi connectivity index (χ3v) is 5.48. The van der Waals surface area contributed by atoms with Crippen molar-refractivity contribution >= 4 is 0 Å². The van der Waals surface area contributed by atoms with Crippen molar-refractivity contribution in [1.29, 1.82) is 0 Å². The predicted octanol–water partition coefficient (Wildman–Crippen LogP) is 3.64. The van der Waals surface area contributed by atoms with Gasteiger partial charge in [-0.25, -0.2) is 0 Å². The minimum Gasteiger partial charge on any atom is -0.314 e. The van der Waals surface area contributed by atoms with Crippen molar-refractivity contribution in [3.8, 4) is 0 Å². The fraction of sp³-hybridized carbons (Fsp3) is 0.684. The van der Waals surface area contributed by atoms with Gasteiger partial charge in [0.2, 0.25) is 0 Å². The maximum Gasteiger partial charge on any atom is 0.00956 e. The van der Waals surface area contributed by atoms with Crippen LogP contribution in [0.2, 0.25) is 0 Å². The number of hydrogen-bond donors (Lipinski definition) is 1. The van der Waals surface area contributed by atoms with E-state index in [4.69, 9.17) is 0 Å². The summed E-state index contributed by atoms with van der Waals surface area (Å²) >= 11 is 0. The van der Waals surface area contributed by atoms with Gasteiger partial charge in [0, 0.05) is 12.6 Å². The predicted molar refractivity (Wildman–Crippen MR) is 89.7 cm³/mol. The van der Waals surface area contributed by atoms with Crippen LogP contribution >= 0.6 is 0 Å². The van der Waals surface area contributed by atoms with Crippen LogP contribution in [0.25, 0.3) is 0 Å². The lowest BCUT2D eigenvalue weighted by Crippen LogP contribution is -2.34. The van der Waals surface area contributed by atoms with E-state index in [1.165, 1.54) is 57.3 Å². The summed E-state index contributed by atoms with van der Waals surface area (Å²) in [6.45, 7) is 7.22. The Hall–Kier alpha value is -0.860. The molecular formula is C19H30N2. The maximum atomic E-state index is 3.69. The van der Waals surface area contributed by atoms with E-state index in [1.807, 2.05) is 0 Å². The molecule has 1 heterocycles. The van der Waals surface area contributed by atoms with Crippen molar-refractivity contribution in [2.45, 2.75) is 51.0 Å². The quantitative estimate of drug-likeness (QED) is 0.859.